The van der Waals surface area contributed by atoms with Crippen LogP contribution >= 0.6 is 24.0 Å². The Balaban J connectivity index is 0.00000361. The topological polar surface area (TPSA) is 45.6 Å². The molecule has 0 spiro atoms. The first-order chi connectivity index (χ1) is 9.36. The molecule has 0 atom stereocenters. The molecule has 1 aromatic rings. The third-order valence-corrected chi connectivity index (χ3v) is 2.71. The predicted octanol–water partition coefficient (Wildman–Crippen LogP) is 2.79. The molecule has 0 bridgehead atoms. The number of nitrogens with zero attached hydrogens (tertiary/aromatic N) is 1. The summed E-state index contributed by atoms with van der Waals surface area (Å²) in [5.41, 5.74) is 1.24. The van der Waals surface area contributed by atoms with E-state index in [-0.39, 0.29) is 24.0 Å². The van der Waals surface area contributed by atoms with E-state index in [1.807, 2.05) is 18.2 Å². The maximum Gasteiger partial charge on any atom is 0.191 e. The number of aliphatic imine (C=N–C) groups is 1. The van der Waals surface area contributed by atoms with Crippen molar-refractivity contribution in [3.05, 3.63) is 35.9 Å². The molecule has 0 saturated carbocycles. The van der Waals surface area contributed by atoms with E-state index in [1.54, 1.807) is 7.05 Å². The molecule has 0 aliphatic carbocycles. The number of unbranched alkanes of at least 4 members (excludes halogenated alkanes) is 1. The molecule has 0 radical (unpaired) electrons. The Morgan fingerprint density at radius 1 is 1.15 bits per heavy atom. The molecular weight excluding hydrogens is 365 g/mol. The zero-order valence-corrected chi connectivity index (χ0v) is 14.7. The van der Waals surface area contributed by atoms with Crippen molar-refractivity contribution < 1.29 is 4.74 Å². The Bertz CT molecular complexity index is 357. The number of guanidine groups is 1. The standard InChI is InChI=1S/C15H25N3O.HI/c1-3-4-11-19-12-10-17-15(16-2)18-13-14-8-6-5-7-9-14;/h5-9H,3-4,10-13H2,1-2H3,(H2,16,17,18);1H. The number of nitrogens with one attached hydrogen (secondary N) is 2. The van der Waals surface area contributed by atoms with E-state index in [2.05, 4.69) is 34.7 Å². The van der Waals surface area contributed by atoms with E-state index < -0.39 is 0 Å². The van der Waals surface area contributed by atoms with E-state index in [0.717, 1.165) is 32.1 Å². The van der Waals surface area contributed by atoms with Crippen molar-refractivity contribution in [1.82, 2.24) is 10.6 Å². The van der Waals surface area contributed by atoms with Crippen LogP contribution in [0.2, 0.25) is 0 Å². The van der Waals surface area contributed by atoms with E-state index >= 15 is 0 Å². The molecule has 20 heavy (non-hydrogen) atoms. The van der Waals surface area contributed by atoms with Gasteiger partial charge in [0, 0.05) is 26.7 Å². The monoisotopic (exact) mass is 391 g/mol. The van der Waals surface area contributed by atoms with Crippen molar-refractivity contribution in [2.75, 3.05) is 26.8 Å². The second kappa shape index (κ2) is 13.2. The van der Waals surface area contributed by atoms with Crippen LogP contribution in [0, 0.1) is 0 Å². The number of halogens is 1. The summed E-state index contributed by atoms with van der Waals surface area (Å²) in [6.45, 7) is 5.27. The first kappa shape index (κ1) is 19.2. The molecular formula is C15H26IN3O. The van der Waals surface area contributed by atoms with Gasteiger partial charge in [-0.15, -0.1) is 24.0 Å². The summed E-state index contributed by atoms with van der Waals surface area (Å²) in [7, 11) is 1.78. The second-order valence-electron chi connectivity index (χ2n) is 4.30. The Kier molecular flexibility index (Phi) is 12.6. The van der Waals surface area contributed by atoms with Gasteiger partial charge in [-0.05, 0) is 12.0 Å². The molecule has 0 aromatic heterocycles. The number of hydrogen-bond donors (Lipinski definition) is 2. The molecule has 1 aromatic carbocycles. The maximum atomic E-state index is 5.49. The molecule has 0 heterocycles. The summed E-state index contributed by atoms with van der Waals surface area (Å²) in [4.78, 5) is 4.18. The van der Waals surface area contributed by atoms with Crippen LogP contribution in [0.25, 0.3) is 0 Å². The van der Waals surface area contributed by atoms with Crippen LogP contribution in [0.1, 0.15) is 25.3 Å². The van der Waals surface area contributed by atoms with Crippen molar-refractivity contribution >= 4 is 29.9 Å². The molecule has 5 heteroatoms. The summed E-state index contributed by atoms with van der Waals surface area (Å²) in [6, 6.07) is 10.3. The number of benzene rings is 1. The van der Waals surface area contributed by atoms with Crippen LogP contribution in [0.3, 0.4) is 0 Å². The molecule has 0 amide bonds. The van der Waals surface area contributed by atoms with Crippen LogP contribution in [-0.4, -0.2) is 32.8 Å². The highest BCUT2D eigenvalue weighted by Gasteiger charge is 1.97. The molecule has 1 rings (SSSR count). The lowest BCUT2D eigenvalue weighted by Gasteiger charge is -2.12. The van der Waals surface area contributed by atoms with E-state index in [4.69, 9.17) is 4.74 Å². The molecule has 0 aliphatic heterocycles. The average Bonchev–Trinajstić information content (AvgIpc) is 2.47. The zero-order chi connectivity index (χ0) is 13.8. The summed E-state index contributed by atoms with van der Waals surface area (Å²) >= 11 is 0. The minimum Gasteiger partial charge on any atom is -0.380 e. The van der Waals surface area contributed by atoms with E-state index in [1.165, 1.54) is 12.0 Å². The van der Waals surface area contributed by atoms with Gasteiger partial charge in [0.15, 0.2) is 5.96 Å². The number of ether oxygens (including phenoxy) is 1. The summed E-state index contributed by atoms with van der Waals surface area (Å²) in [5.74, 6) is 0.808. The van der Waals surface area contributed by atoms with Gasteiger partial charge < -0.3 is 15.4 Å². The van der Waals surface area contributed by atoms with Crippen molar-refractivity contribution in [2.45, 2.75) is 26.3 Å². The Morgan fingerprint density at radius 2 is 1.90 bits per heavy atom. The van der Waals surface area contributed by atoms with Gasteiger partial charge >= 0.3 is 0 Å². The van der Waals surface area contributed by atoms with Crippen LogP contribution in [-0.2, 0) is 11.3 Å². The Morgan fingerprint density at radius 3 is 2.55 bits per heavy atom. The van der Waals surface area contributed by atoms with Crippen molar-refractivity contribution in [2.24, 2.45) is 4.99 Å². The fraction of sp³-hybridized carbons (Fsp3) is 0.533. The molecule has 114 valence electrons. The lowest BCUT2D eigenvalue weighted by atomic mass is 10.2. The normalized spacial score (nSPS) is 10.8. The first-order valence-corrected chi connectivity index (χ1v) is 6.93. The molecule has 0 fully saturated rings. The van der Waals surface area contributed by atoms with Crippen molar-refractivity contribution in [3.63, 3.8) is 0 Å². The van der Waals surface area contributed by atoms with Gasteiger partial charge in [-0.3, -0.25) is 4.99 Å². The van der Waals surface area contributed by atoms with E-state index in [9.17, 15) is 0 Å². The SMILES string of the molecule is CCCCOCCNC(=NC)NCc1ccccc1.I. The fourth-order valence-electron chi connectivity index (χ4n) is 1.59. The third kappa shape index (κ3) is 9.14. The average molecular weight is 391 g/mol. The van der Waals surface area contributed by atoms with Gasteiger partial charge in [-0.1, -0.05) is 43.7 Å². The van der Waals surface area contributed by atoms with Gasteiger partial charge in [0.1, 0.15) is 0 Å². The van der Waals surface area contributed by atoms with Crippen LogP contribution in [0.4, 0.5) is 0 Å². The molecule has 4 nitrogen and oxygen atoms in total. The Hall–Kier alpha value is -0.820. The molecule has 2 N–H and O–H groups in total. The van der Waals surface area contributed by atoms with Crippen molar-refractivity contribution in [1.29, 1.82) is 0 Å². The summed E-state index contributed by atoms with van der Waals surface area (Å²) < 4.78 is 5.49. The van der Waals surface area contributed by atoms with E-state index in [0.29, 0.717) is 6.61 Å². The van der Waals surface area contributed by atoms with Gasteiger partial charge in [-0.2, -0.15) is 0 Å². The summed E-state index contributed by atoms with van der Waals surface area (Å²) in [6.07, 6.45) is 2.30. The van der Waals surface area contributed by atoms with Crippen LogP contribution in [0.5, 0.6) is 0 Å². The highest BCUT2D eigenvalue weighted by molar-refractivity contribution is 14.0. The van der Waals surface area contributed by atoms with Gasteiger partial charge in [0.2, 0.25) is 0 Å². The van der Waals surface area contributed by atoms with Crippen molar-refractivity contribution in [3.8, 4) is 0 Å². The smallest absolute Gasteiger partial charge is 0.191 e. The van der Waals surface area contributed by atoms with Crippen LogP contribution < -0.4 is 10.6 Å². The third-order valence-electron chi connectivity index (χ3n) is 2.71. The molecule has 0 unspecified atom stereocenters. The fourth-order valence-corrected chi connectivity index (χ4v) is 1.59. The maximum absolute atomic E-state index is 5.49. The lowest BCUT2D eigenvalue weighted by molar-refractivity contribution is 0.136. The second-order valence-corrected chi connectivity index (χ2v) is 4.30. The quantitative estimate of drug-likeness (QED) is 0.310. The van der Waals surface area contributed by atoms with Gasteiger partial charge in [0.25, 0.3) is 0 Å². The first-order valence-electron chi connectivity index (χ1n) is 6.93. The zero-order valence-electron chi connectivity index (χ0n) is 12.4. The predicted molar refractivity (Wildman–Crippen MR) is 95.8 cm³/mol. The summed E-state index contributed by atoms with van der Waals surface area (Å²) in [5, 5.41) is 6.50. The van der Waals surface area contributed by atoms with Gasteiger partial charge in [-0.25, -0.2) is 0 Å². The minimum absolute atomic E-state index is 0. The number of hydrogen-bond acceptors (Lipinski definition) is 2. The highest BCUT2D eigenvalue weighted by Crippen LogP contribution is 1.96. The number of rotatable bonds is 8. The molecule has 0 aliphatic rings. The lowest BCUT2D eigenvalue weighted by Crippen LogP contribution is -2.38. The highest BCUT2D eigenvalue weighted by atomic mass is 127. The minimum atomic E-state index is 0. The molecule has 0 saturated heterocycles. The largest absolute Gasteiger partial charge is 0.380 e. The van der Waals surface area contributed by atoms with Crippen LogP contribution in [0.15, 0.2) is 35.3 Å². The Labute approximate surface area is 139 Å². The van der Waals surface area contributed by atoms with Gasteiger partial charge in [0.05, 0.1) is 6.61 Å².